The Balaban J connectivity index is 2.45. The number of nitrogens with two attached hydrogens (primary N) is 1. The fourth-order valence-electron chi connectivity index (χ4n) is 2.92. The van der Waals surface area contributed by atoms with Crippen molar-refractivity contribution in [1.82, 2.24) is 9.91 Å². The lowest BCUT2D eigenvalue weighted by Gasteiger charge is -2.28. The molecule has 2 aromatic rings. The van der Waals surface area contributed by atoms with E-state index in [0.717, 1.165) is 49.2 Å². The molecule has 0 aliphatic heterocycles. The standard InChI is InChI=1S/C22H29N5O/c1-3-14-26(15-4-2)21(20-12-10-19(17-28)11-13-20)25-27(22(23)24)16-18-8-6-5-7-9-18/h5-13,17H,3-4,14-16H2,1-2H3,(H3,23,24). The zero-order valence-corrected chi connectivity index (χ0v) is 16.6. The van der Waals surface area contributed by atoms with Crippen molar-refractivity contribution in [1.29, 1.82) is 5.41 Å². The Bertz CT molecular complexity index is 780. The minimum atomic E-state index is -0.112. The molecule has 0 amide bonds. The van der Waals surface area contributed by atoms with E-state index in [1.54, 1.807) is 12.1 Å². The number of nitrogens with one attached hydrogen (secondary N) is 1. The van der Waals surface area contributed by atoms with Crippen LogP contribution in [0, 0.1) is 5.41 Å². The number of benzene rings is 2. The van der Waals surface area contributed by atoms with E-state index in [1.165, 1.54) is 5.01 Å². The lowest BCUT2D eigenvalue weighted by Crippen LogP contribution is -2.38. The molecule has 6 heteroatoms. The molecule has 0 heterocycles. The Labute approximate surface area is 167 Å². The van der Waals surface area contributed by atoms with Crippen LogP contribution in [0.4, 0.5) is 0 Å². The molecule has 28 heavy (non-hydrogen) atoms. The highest BCUT2D eigenvalue weighted by Crippen LogP contribution is 2.13. The van der Waals surface area contributed by atoms with Gasteiger partial charge in [0.05, 0.1) is 6.54 Å². The number of hydrazone groups is 1. The maximum atomic E-state index is 11.0. The lowest BCUT2D eigenvalue weighted by atomic mass is 10.1. The average molecular weight is 380 g/mol. The van der Waals surface area contributed by atoms with Crippen molar-refractivity contribution >= 4 is 18.1 Å². The molecule has 0 unspecified atom stereocenters. The zero-order chi connectivity index (χ0) is 20.4. The summed E-state index contributed by atoms with van der Waals surface area (Å²) in [4.78, 5) is 13.2. The van der Waals surface area contributed by atoms with Crippen LogP contribution in [-0.4, -0.2) is 41.1 Å². The third-order valence-electron chi connectivity index (χ3n) is 4.26. The summed E-state index contributed by atoms with van der Waals surface area (Å²) in [5.41, 5.74) is 8.38. The average Bonchev–Trinajstić information content (AvgIpc) is 2.72. The summed E-state index contributed by atoms with van der Waals surface area (Å²) in [6.45, 7) is 6.36. The van der Waals surface area contributed by atoms with Gasteiger partial charge in [-0.25, -0.2) is 5.01 Å². The normalized spacial score (nSPS) is 11.1. The van der Waals surface area contributed by atoms with Crippen molar-refractivity contribution in [3.63, 3.8) is 0 Å². The largest absolute Gasteiger partial charge is 0.369 e. The minimum absolute atomic E-state index is 0.112. The summed E-state index contributed by atoms with van der Waals surface area (Å²) in [6, 6.07) is 17.2. The van der Waals surface area contributed by atoms with Crippen LogP contribution >= 0.6 is 0 Å². The van der Waals surface area contributed by atoms with Crippen molar-refractivity contribution < 1.29 is 4.79 Å². The van der Waals surface area contributed by atoms with Gasteiger partial charge in [-0.2, -0.15) is 5.10 Å². The Morgan fingerprint density at radius 3 is 2.14 bits per heavy atom. The van der Waals surface area contributed by atoms with Gasteiger partial charge in [0.25, 0.3) is 0 Å². The van der Waals surface area contributed by atoms with Crippen LogP contribution in [0.1, 0.15) is 48.2 Å². The van der Waals surface area contributed by atoms with Crippen molar-refractivity contribution in [3.05, 3.63) is 71.3 Å². The van der Waals surface area contributed by atoms with E-state index < -0.39 is 0 Å². The number of hydrogen-bond acceptors (Lipinski definition) is 3. The number of carbonyl (C=O) groups excluding carboxylic acids is 1. The number of guanidine groups is 1. The van der Waals surface area contributed by atoms with E-state index in [4.69, 9.17) is 16.2 Å². The first-order valence-electron chi connectivity index (χ1n) is 9.63. The van der Waals surface area contributed by atoms with Gasteiger partial charge in [-0.3, -0.25) is 10.2 Å². The van der Waals surface area contributed by atoms with E-state index in [-0.39, 0.29) is 5.96 Å². The summed E-state index contributed by atoms with van der Waals surface area (Å²) in [5, 5.41) is 14.3. The molecule has 148 valence electrons. The van der Waals surface area contributed by atoms with Crippen LogP contribution < -0.4 is 5.73 Å². The Morgan fingerprint density at radius 1 is 1.04 bits per heavy atom. The summed E-state index contributed by atoms with van der Waals surface area (Å²) in [7, 11) is 0. The molecule has 0 fully saturated rings. The van der Waals surface area contributed by atoms with Crippen molar-refractivity contribution in [2.24, 2.45) is 10.8 Å². The Morgan fingerprint density at radius 2 is 1.64 bits per heavy atom. The molecular weight excluding hydrogens is 350 g/mol. The zero-order valence-electron chi connectivity index (χ0n) is 16.6. The molecule has 0 saturated carbocycles. The first-order chi connectivity index (χ1) is 13.6. The molecule has 0 aliphatic carbocycles. The van der Waals surface area contributed by atoms with Gasteiger partial charge in [0.1, 0.15) is 6.29 Å². The number of nitrogens with zero attached hydrogens (tertiary/aromatic N) is 3. The van der Waals surface area contributed by atoms with E-state index in [0.29, 0.717) is 12.1 Å². The van der Waals surface area contributed by atoms with E-state index >= 15 is 0 Å². The van der Waals surface area contributed by atoms with Crippen LogP contribution in [-0.2, 0) is 6.54 Å². The van der Waals surface area contributed by atoms with Crippen molar-refractivity contribution in [2.45, 2.75) is 33.2 Å². The first-order valence-corrected chi connectivity index (χ1v) is 9.63. The quantitative estimate of drug-likeness (QED) is 0.301. The highest BCUT2D eigenvalue weighted by atomic mass is 16.1. The van der Waals surface area contributed by atoms with Gasteiger partial charge < -0.3 is 10.6 Å². The van der Waals surface area contributed by atoms with Crippen molar-refractivity contribution in [2.75, 3.05) is 13.1 Å². The molecule has 0 aromatic heterocycles. The van der Waals surface area contributed by atoms with Gasteiger partial charge in [-0.1, -0.05) is 68.4 Å². The van der Waals surface area contributed by atoms with Gasteiger partial charge in [0.2, 0.25) is 5.96 Å². The predicted octanol–water partition coefficient (Wildman–Crippen LogP) is 3.68. The number of hydrogen-bond donors (Lipinski definition) is 2. The smallest absolute Gasteiger partial charge is 0.209 e. The van der Waals surface area contributed by atoms with E-state index in [1.807, 2.05) is 42.5 Å². The third kappa shape index (κ3) is 5.94. The van der Waals surface area contributed by atoms with Gasteiger partial charge >= 0.3 is 0 Å². The highest BCUT2D eigenvalue weighted by molar-refractivity contribution is 5.99. The lowest BCUT2D eigenvalue weighted by molar-refractivity contribution is 0.112. The van der Waals surface area contributed by atoms with Crippen LogP contribution in [0.5, 0.6) is 0 Å². The van der Waals surface area contributed by atoms with Crippen LogP contribution in [0.2, 0.25) is 0 Å². The summed E-state index contributed by atoms with van der Waals surface area (Å²) in [5.74, 6) is 0.645. The number of rotatable bonds is 9. The molecular formula is C22H29N5O. The van der Waals surface area contributed by atoms with E-state index in [9.17, 15) is 4.79 Å². The molecule has 2 rings (SSSR count). The summed E-state index contributed by atoms with van der Waals surface area (Å²) in [6.07, 6.45) is 2.78. The first kappa shape index (κ1) is 21.2. The molecule has 0 atom stereocenters. The molecule has 0 radical (unpaired) electrons. The summed E-state index contributed by atoms with van der Waals surface area (Å²) >= 11 is 0. The third-order valence-corrected chi connectivity index (χ3v) is 4.26. The fourth-order valence-corrected chi connectivity index (χ4v) is 2.92. The topological polar surface area (TPSA) is 85.8 Å². The summed E-state index contributed by atoms with van der Waals surface area (Å²) < 4.78 is 0. The second-order valence-electron chi connectivity index (χ2n) is 6.58. The van der Waals surface area contributed by atoms with Gasteiger partial charge in [0.15, 0.2) is 5.84 Å². The number of carbonyl (C=O) groups is 1. The number of aldehydes is 1. The Kier molecular flexibility index (Phi) is 8.21. The van der Waals surface area contributed by atoms with Crippen LogP contribution in [0.15, 0.2) is 59.7 Å². The molecule has 0 spiro atoms. The predicted molar refractivity (Wildman–Crippen MR) is 114 cm³/mol. The second kappa shape index (κ2) is 10.9. The SMILES string of the molecule is CCCN(CCC)C(=NN(Cc1ccccc1)C(=N)N)c1ccc(C=O)cc1. The Hall–Kier alpha value is -3.15. The van der Waals surface area contributed by atoms with Gasteiger partial charge in [0, 0.05) is 24.2 Å². The van der Waals surface area contributed by atoms with Crippen molar-refractivity contribution in [3.8, 4) is 0 Å². The maximum absolute atomic E-state index is 11.0. The fraction of sp³-hybridized carbons (Fsp3) is 0.318. The van der Waals surface area contributed by atoms with Crippen LogP contribution in [0.3, 0.4) is 0 Å². The molecule has 0 bridgehead atoms. The molecule has 2 aromatic carbocycles. The molecule has 6 nitrogen and oxygen atoms in total. The van der Waals surface area contributed by atoms with Gasteiger partial charge in [-0.15, -0.1) is 0 Å². The van der Waals surface area contributed by atoms with Crippen LogP contribution in [0.25, 0.3) is 0 Å². The monoisotopic (exact) mass is 379 g/mol. The molecule has 0 saturated heterocycles. The highest BCUT2D eigenvalue weighted by Gasteiger charge is 2.16. The number of amidine groups is 1. The van der Waals surface area contributed by atoms with E-state index in [2.05, 4.69) is 18.7 Å². The second-order valence-corrected chi connectivity index (χ2v) is 6.58. The maximum Gasteiger partial charge on any atom is 0.209 e. The molecule has 0 aliphatic rings. The van der Waals surface area contributed by atoms with Gasteiger partial charge in [-0.05, 0) is 18.4 Å². The molecule has 3 N–H and O–H groups in total. The minimum Gasteiger partial charge on any atom is -0.369 e.